The molecule has 2 N–H and O–H groups in total. The minimum absolute atomic E-state index is 0.106. The molecule has 0 radical (unpaired) electrons. The molecule has 20 heavy (non-hydrogen) atoms. The first-order chi connectivity index (χ1) is 9.61. The molecule has 0 aliphatic heterocycles. The Hall–Kier alpha value is -1.96. The molecular formula is C12H18N4O4. The largest absolute Gasteiger partial charge is 0.480 e. The van der Waals surface area contributed by atoms with Crippen LogP contribution in [-0.4, -0.2) is 61.2 Å². The van der Waals surface area contributed by atoms with Gasteiger partial charge in [-0.15, -0.1) is 5.10 Å². The van der Waals surface area contributed by atoms with Gasteiger partial charge in [-0.05, 0) is 12.8 Å². The van der Waals surface area contributed by atoms with Crippen molar-refractivity contribution in [3.8, 4) is 0 Å². The van der Waals surface area contributed by atoms with Gasteiger partial charge in [-0.3, -0.25) is 9.59 Å². The SMILES string of the molecule is O=C(O)Cn1cc(C(=O)N(CCO)C2CCCC2)nn1. The molecule has 1 fully saturated rings. The molecule has 0 bridgehead atoms. The smallest absolute Gasteiger partial charge is 0.325 e. The number of carbonyl (C=O) groups excluding carboxylic acids is 1. The van der Waals surface area contributed by atoms with E-state index in [1.54, 1.807) is 4.90 Å². The number of hydrogen-bond acceptors (Lipinski definition) is 5. The minimum atomic E-state index is -1.04. The third-order valence-corrected chi connectivity index (χ3v) is 3.42. The predicted molar refractivity (Wildman–Crippen MR) is 68.0 cm³/mol. The molecule has 0 aromatic carbocycles. The molecule has 1 heterocycles. The Balaban J connectivity index is 2.09. The average Bonchev–Trinajstić information content (AvgIpc) is 3.05. The van der Waals surface area contributed by atoms with Gasteiger partial charge in [-0.2, -0.15) is 0 Å². The zero-order valence-electron chi connectivity index (χ0n) is 11.1. The Labute approximate surface area is 116 Å². The summed E-state index contributed by atoms with van der Waals surface area (Å²) in [5.41, 5.74) is 0.117. The standard InChI is InChI=1S/C12H18N4O4/c17-6-5-16(9-3-1-2-4-9)12(20)10-7-15(14-13-10)8-11(18)19/h7,9,17H,1-6,8H2,(H,18,19). The number of carboxylic acid groups (broad SMARTS) is 1. The van der Waals surface area contributed by atoms with Crippen LogP contribution in [-0.2, 0) is 11.3 Å². The summed E-state index contributed by atoms with van der Waals surface area (Å²) in [5.74, 6) is -1.35. The highest BCUT2D eigenvalue weighted by molar-refractivity contribution is 5.92. The molecule has 1 saturated carbocycles. The van der Waals surface area contributed by atoms with Gasteiger partial charge >= 0.3 is 5.97 Å². The number of carboxylic acids is 1. The van der Waals surface area contributed by atoms with E-state index in [4.69, 9.17) is 10.2 Å². The summed E-state index contributed by atoms with van der Waals surface area (Å²) in [7, 11) is 0. The lowest BCUT2D eigenvalue weighted by atomic mass is 10.2. The van der Waals surface area contributed by atoms with Gasteiger partial charge < -0.3 is 15.1 Å². The Morgan fingerprint density at radius 2 is 2.10 bits per heavy atom. The lowest BCUT2D eigenvalue weighted by Crippen LogP contribution is -2.40. The van der Waals surface area contributed by atoms with E-state index in [-0.39, 0.29) is 37.3 Å². The number of rotatable bonds is 6. The lowest BCUT2D eigenvalue weighted by molar-refractivity contribution is -0.137. The van der Waals surface area contributed by atoms with Gasteiger partial charge in [-0.25, -0.2) is 4.68 Å². The number of amides is 1. The molecule has 0 unspecified atom stereocenters. The van der Waals surface area contributed by atoms with Crippen LogP contribution in [0.4, 0.5) is 0 Å². The van der Waals surface area contributed by atoms with Crippen molar-refractivity contribution in [2.45, 2.75) is 38.3 Å². The van der Waals surface area contributed by atoms with Crippen molar-refractivity contribution < 1.29 is 19.8 Å². The number of aliphatic hydroxyl groups excluding tert-OH is 1. The third-order valence-electron chi connectivity index (χ3n) is 3.42. The van der Waals surface area contributed by atoms with Gasteiger partial charge in [0, 0.05) is 12.6 Å². The second-order valence-corrected chi connectivity index (χ2v) is 4.86. The molecule has 8 heteroatoms. The van der Waals surface area contributed by atoms with Gasteiger partial charge in [0.15, 0.2) is 5.69 Å². The Morgan fingerprint density at radius 1 is 1.40 bits per heavy atom. The first-order valence-electron chi connectivity index (χ1n) is 6.65. The van der Waals surface area contributed by atoms with Crippen LogP contribution in [0.15, 0.2) is 6.20 Å². The van der Waals surface area contributed by atoms with E-state index in [9.17, 15) is 9.59 Å². The van der Waals surface area contributed by atoms with Crippen molar-refractivity contribution in [2.24, 2.45) is 0 Å². The fraction of sp³-hybridized carbons (Fsp3) is 0.667. The summed E-state index contributed by atoms with van der Waals surface area (Å²) in [6.07, 6.45) is 5.33. The summed E-state index contributed by atoms with van der Waals surface area (Å²) in [4.78, 5) is 24.6. The van der Waals surface area contributed by atoms with E-state index < -0.39 is 5.97 Å². The van der Waals surface area contributed by atoms with E-state index in [0.29, 0.717) is 0 Å². The summed E-state index contributed by atoms with van der Waals surface area (Å²) < 4.78 is 1.11. The average molecular weight is 282 g/mol. The number of aliphatic hydroxyl groups is 1. The minimum Gasteiger partial charge on any atom is -0.480 e. The summed E-state index contributed by atoms with van der Waals surface area (Å²) in [6, 6.07) is 0.124. The molecule has 0 atom stereocenters. The van der Waals surface area contributed by atoms with Gasteiger partial charge in [0.2, 0.25) is 0 Å². The van der Waals surface area contributed by atoms with Crippen LogP contribution in [0.25, 0.3) is 0 Å². The van der Waals surface area contributed by atoms with Crippen LogP contribution in [0.5, 0.6) is 0 Å². The van der Waals surface area contributed by atoms with Crippen molar-refractivity contribution in [2.75, 3.05) is 13.2 Å². The summed E-state index contributed by atoms with van der Waals surface area (Å²) in [5, 5.41) is 25.1. The third kappa shape index (κ3) is 3.32. The number of hydrogen-bond donors (Lipinski definition) is 2. The second-order valence-electron chi connectivity index (χ2n) is 4.86. The van der Waals surface area contributed by atoms with Crippen molar-refractivity contribution in [3.63, 3.8) is 0 Å². The molecule has 110 valence electrons. The van der Waals surface area contributed by atoms with Gasteiger partial charge in [-0.1, -0.05) is 18.1 Å². The zero-order valence-corrected chi connectivity index (χ0v) is 11.1. The van der Waals surface area contributed by atoms with Crippen LogP contribution in [0.2, 0.25) is 0 Å². The number of carbonyl (C=O) groups is 2. The first kappa shape index (κ1) is 14.4. The Bertz CT molecular complexity index is 482. The van der Waals surface area contributed by atoms with Gasteiger partial charge in [0.1, 0.15) is 6.54 Å². The maximum Gasteiger partial charge on any atom is 0.325 e. The monoisotopic (exact) mass is 282 g/mol. The van der Waals surface area contributed by atoms with E-state index >= 15 is 0 Å². The lowest BCUT2D eigenvalue weighted by Gasteiger charge is -2.27. The van der Waals surface area contributed by atoms with E-state index in [2.05, 4.69) is 10.3 Å². The van der Waals surface area contributed by atoms with Gasteiger partial charge in [0.05, 0.1) is 12.8 Å². The van der Waals surface area contributed by atoms with Gasteiger partial charge in [0.25, 0.3) is 5.91 Å². The van der Waals surface area contributed by atoms with Crippen molar-refractivity contribution in [1.29, 1.82) is 0 Å². The zero-order chi connectivity index (χ0) is 14.5. The van der Waals surface area contributed by atoms with Crippen molar-refractivity contribution in [3.05, 3.63) is 11.9 Å². The molecular weight excluding hydrogens is 264 g/mol. The first-order valence-corrected chi connectivity index (χ1v) is 6.65. The fourth-order valence-electron chi connectivity index (χ4n) is 2.53. The van der Waals surface area contributed by atoms with E-state index in [1.807, 2.05) is 0 Å². The molecule has 1 aromatic rings. The molecule has 0 spiro atoms. The number of nitrogens with zero attached hydrogens (tertiary/aromatic N) is 4. The van der Waals surface area contributed by atoms with E-state index in [1.165, 1.54) is 6.20 Å². The van der Waals surface area contributed by atoms with Crippen LogP contribution < -0.4 is 0 Å². The molecule has 2 rings (SSSR count). The quantitative estimate of drug-likeness (QED) is 0.744. The molecule has 1 aliphatic carbocycles. The normalized spacial score (nSPS) is 15.4. The highest BCUT2D eigenvalue weighted by atomic mass is 16.4. The molecule has 0 saturated heterocycles. The summed E-state index contributed by atoms with van der Waals surface area (Å²) in [6.45, 7) is -0.176. The number of aliphatic carboxylic acids is 1. The van der Waals surface area contributed by atoms with Crippen LogP contribution >= 0.6 is 0 Å². The summed E-state index contributed by atoms with van der Waals surface area (Å²) >= 11 is 0. The number of aromatic nitrogens is 3. The Kier molecular flexibility index (Phi) is 4.67. The van der Waals surface area contributed by atoms with Crippen LogP contribution in [0.3, 0.4) is 0 Å². The molecule has 1 amide bonds. The molecule has 1 aromatic heterocycles. The topological polar surface area (TPSA) is 109 Å². The molecule has 1 aliphatic rings. The van der Waals surface area contributed by atoms with Crippen LogP contribution in [0.1, 0.15) is 36.2 Å². The van der Waals surface area contributed by atoms with Crippen molar-refractivity contribution >= 4 is 11.9 Å². The van der Waals surface area contributed by atoms with Crippen LogP contribution in [0, 0.1) is 0 Å². The Morgan fingerprint density at radius 3 is 2.70 bits per heavy atom. The van der Waals surface area contributed by atoms with Crippen molar-refractivity contribution in [1.82, 2.24) is 19.9 Å². The predicted octanol–water partition coefficient (Wildman–Crippen LogP) is -0.260. The maximum absolute atomic E-state index is 12.4. The van der Waals surface area contributed by atoms with E-state index in [0.717, 1.165) is 30.4 Å². The molecule has 8 nitrogen and oxygen atoms in total. The maximum atomic E-state index is 12.4. The fourth-order valence-corrected chi connectivity index (χ4v) is 2.53. The highest BCUT2D eigenvalue weighted by Crippen LogP contribution is 2.24. The highest BCUT2D eigenvalue weighted by Gasteiger charge is 2.28. The second kappa shape index (κ2) is 6.47.